The van der Waals surface area contributed by atoms with Crippen LogP contribution in [-0.2, 0) is 9.59 Å². The maximum atomic E-state index is 13.6. The summed E-state index contributed by atoms with van der Waals surface area (Å²) in [5, 5.41) is 4.76. The molecule has 1 saturated heterocycles. The summed E-state index contributed by atoms with van der Waals surface area (Å²) in [6.45, 7) is 4.28. The number of rotatable bonds is 6. The van der Waals surface area contributed by atoms with E-state index >= 15 is 0 Å². The average molecular weight is 417 g/mol. The molecule has 0 bridgehead atoms. The first-order valence-corrected chi connectivity index (χ1v) is 10.1. The zero-order valence-corrected chi connectivity index (χ0v) is 16.9. The fourth-order valence-corrected chi connectivity index (χ4v) is 3.77. The van der Waals surface area contributed by atoms with Crippen LogP contribution in [0.1, 0.15) is 38.2 Å². The van der Waals surface area contributed by atoms with Gasteiger partial charge < -0.3 is 10.6 Å². The van der Waals surface area contributed by atoms with Crippen molar-refractivity contribution in [2.45, 2.75) is 37.9 Å². The molecule has 0 spiro atoms. The molecule has 8 heteroatoms. The molecular weight excluding hydrogens is 396 g/mol. The lowest BCUT2D eigenvalue weighted by Crippen LogP contribution is -2.28. The summed E-state index contributed by atoms with van der Waals surface area (Å²) >= 11 is 1.15. The van der Waals surface area contributed by atoms with Gasteiger partial charge in [0.05, 0.1) is 11.4 Å². The van der Waals surface area contributed by atoms with Gasteiger partial charge in [-0.05, 0) is 42.2 Å². The molecule has 2 aromatic rings. The number of hydrogen-bond acceptors (Lipinski definition) is 4. The van der Waals surface area contributed by atoms with Crippen LogP contribution < -0.4 is 10.6 Å². The summed E-state index contributed by atoms with van der Waals surface area (Å²) in [5.41, 5.74) is 1.80. The van der Waals surface area contributed by atoms with E-state index in [0.29, 0.717) is 22.8 Å². The molecule has 2 atom stereocenters. The normalized spacial score (nSPS) is 18.6. The van der Waals surface area contributed by atoms with Crippen molar-refractivity contribution in [3.63, 3.8) is 0 Å². The lowest BCUT2D eigenvalue weighted by atomic mass is 9.99. The van der Waals surface area contributed by atoms with Crippen LogP contribution in [0.25, 0.3) is 0 Å². The van der Waals surface area contributed by atoms with Crippen LogP contribution >= 0.6 is 11.8 Å². The molecule has 0 saturated carbocycles. The van der Waals surface area contributed by atoms with Gasteiger partial charge in [-0.1, -0.05) is 37.7 Å². The van der Waals surface area contributed by atoms with Crippen molar-refractivity contribution in [2.24, 2.45) is 4.99 Å². The van der Waals surface area contributed by atoms with Crippen molar-refractivity contribution < 1.29 is 18.4 Å². The van der Waals surface area contributed by atoms with Crippen LogP contribution in [-0.4, -0.2) is 22.2 Å². The number of carbonyl (C=O) groups excluding carboxylic acids is 2. The lowest BCUT2D eigenvalue weighted by molar-refractivity contribution is -0.122. The van der Waals surface area contributed by atoms with E-state index < -0.39 is 22.8 Å². The second-order valence-corrected chi connectivity index (χ2v) is 7.98. The number of hydrogen-bond donors (Lipinski definition) is 2. The summed E-state index contributed by atoms with van der Waals surface area (Å²) in [4.78, 5) is 28.7. The van der Waals surface area contributed by atoms with Gasteiger partial charge in [0.15, 0.2) is 5.17 Å². The molecule has 152 valence electrons. The molecule has 1 fully saturated rings. The van der Waals surface area contributed by atoms with Crippen LogP contribution in [0.3, 0.4) is 0 Å². The highest BCUT2D eigenvalue weighted by Gasteiger charge is 2.32. The molecule has 1 aliphatic heterocycles. The summed E-state index contributed by atoms with van der Waals surface area (Å²) in [7, 11) is 0. The number of aliphatic imine (C=N–C) groups is 1. The molecule has 0 aliphatic carbocycles. The Kier molecular flexibility index (Phi) is 6.64. The molecule has 1 aliphatic rings. The van der Waals surface area contributed by atoms with Crippen LogP contribution in [0, 0.1) is 11.6 Å². The molecule has 0 unspecified atom stereocenters. The number of nitrogens with one attached hydrogen (secondary N) is 2. The summed E-state index contributed by atoms with van der Waals surface area (Å²) in [5.74, 6) is -2.01. The van der Waals surface area contributed by atoms with Gasteiger partial charge >= 0.3 is 0 Å². The van der Waals surface area contributed by atoms with Crippen molar-refractivity contribution in [3.8, 4) is 0 Å². The first kappa shape index (κ1) is 21.0. The highest BCUT2D eigenvalue weighted by Crippen LogP contribution is 2.27. The highest BCUT2D eigenvalue weighted by molar-refractivity contribution is 8.15. The summed E-state index contributed by atoms with van der Waals surface area (Å²) in [6, 6.07) is 10.7. The zero-order valence-electron chi connectivity index (χ0n) is 16.0. The van der Waals surface area contributed by atoms with E-state index in [1.807, 2.05) is 24.3 Å². The maximum Gasteiger partial charge on any atom is 0.240 e. The smallest absolute Gasteiger partial charge is 0.240 e. The number of carbonyl (C=O) groups is 2. The number of halogens is 2. The van der Waals surface area contributed by atoms with Gasteiger partial charge in [-0.3, -0.25) is 9.59 Å². The largest absolute Gasteiger partial charge is 0.324 e. The molecule has 29 heavy (non-hydrogen) atoms. The Morgan fingerprint density at radius 2 is 1.97 bits per heavy atom. The fraction of sp³-hybridized carbons (Fsp3) is 0.286. The van der Waals surface area contributed by atoms with E-state index in [0.717, 1.165) is 30.3 Å². The monoisotopic (exact) mass is 417 g/mol. The first-order chi connectivity index (χ1) is 13.9. The molecule has 2 N–H and O–H groups in total. The minimum absolute atomic E-state index is 0.130. The summed E-state index contributed by atoms with van der Waals surface area (Å²) < 4.78 is 26.6. The third-order valence-corrected chi connectivity index (χ3v) is 5.74. The van der Waals surface area contributed by atoms with Crippen LogP contribution in [0.15, 0.2) is 47.5 Å². The number of anilines is 1. The van der Waals surface area contributed by atoms with Crippen LogP contribution in [0.4, 0.5) is 20.2 Å². The Morgan fingerprint density at radius 1 is 1.24 bits per heavy atom. The van der Waals surface area contributed by atoms with E-state index in [4.69, 9.17) is 0 Å². The van der Waals surface area contributed by atoms with Gasteiger partial charge in [-0.25, -0.2) is 13.8 Å². The average Bonchev–Trinajstić information content (AvgIpc) is 3.02. The Morgan fingerprint density at radius 3 is 2.62 bits per heavy atom. The first-order valence-electron chi connectivity index (χ1n) is 9.26. The molecule has 0 aromatic heterocycles. The number of benzene rings is 2. The van der Waals surface area contributed by atoms with Gasteiger partial charge in [0.25, 0.3) is 0 Å². The Labute approximate surface area is 172 Å². The van der Waals surface area contributed by atoms with E-state index in [2.05, 4.69) is 29.5 Å². The SMILES string of the molecule is CC[C@@H](C)c1ccc(N=C2NC(=O)[C@H](CC(=O)Nc3ccc(F)cc3F)S2)cc1. The minimum atomic E-state index is -0.870. The van der Waals surface area contributed by atoms with E-state index in [-0.39, 0.29) is 18.0 Å². The van der Waals surface area contributed by atoms with Crippen LogP contribution in [0.2, 0.25) is 0 Å². The molecule has 5 nitrogen and oxygen atoms in total. The lowest BCUT2D eigenvalue weighted by Gasteiger charge is -2.08. The third kappa shape index (κ3) is 5.41. The van der Waals surface area contributed by atoms with Gasteiger partial charge in [0.1, 0.15) is 16.9 Å². The van der Waals surface area contributed by atoms with Crippen molar-refractivity contribution in [3.05, 3.63) is 59.7 Å². The van der Waals surface area contributed by atoms with Crippen molar-refractivity contribution in [2.75, 3.05) is 5.32 Å². The molecule has 1 heterocycles. The van der Waals surface area contributed by atoms with Gasteiger partial charge in [-0.2, -0.15) is 0 Å². The molecular formula is C21H21F2N3O2S. The number of thioether (sulfide) groups is 1. The number of amides is 2. The predicted octanol–water partition coefficient (Wildman–Crippen LogP) is 4.73. The van der Waals surface area contributed by atoms with E-state index in [1.54, 1.807) is 0 Å². The fourth-order valence-electron chi connectivity index (χ4n) is 2.78. The quantitative estimate of drug-likeness (QED) is 0.714. The topological polar surface area (TPSA) is 70.6 Å². The predicted molar refractivity (Wildman–Crippen MR) is 111 cm³/mol. The third-order valence-electron chi connectivity index (χ3n) is 4.66. The Hall–Kier alpha value is -2.74. The van der Waals surface area contributed by atoms with Gasteiger partial charge in [0.2, 0.25) is 11.8 Å². The van der Waals surface area contributed by atoms with Crippen molar-refractivity contribution in [1.29, 1.82) is 0 Å². The standard InChI is InChI=1S/C21H21F2N3O2S/c1-3-12(2)13-4-7-15(8-5-13)24-21-26-20(28)18(29-21)11-19(27)25-17-9-6-14(22)10-16(17)23/h4-10,12,18H,3,11H2,1-2H3,(H,25,27)(H,24,26,28)/t12-,18+/m1/s1. The van der Waals surface area contributed by atoms with E-state index in [1.165, 1.54) is 5.56 Å². The second-order valence-electron chi connectivity index (χ2n) is 6.79. The van der Waals surface area contributed by atoms with Gasteiger partial charge in [-0.15, -0.1) is 0 Å². The minimum Gasteiger partial charge on any atom is -0.324 e. The Bertz CT molecular complexity index is 947. The van der Waals surface area contributed by atoms with E-state index in [9.17, 15) is 18.4 Å². The maximum absolute atomic E-state index is 13.6. The van der Waals surface area contributed by atoms with Crippen LogP contribution in [0.5, 0.6) is 0 Å². The second kappa shape index (κ2) is 9.17. The van der Waals surface area contributed by atoms with Crippen molar-refractivity contribution >= 4 is 40.1 Å². The number of amidine groups is 1. The molecule has 2 amide bonds. The Balaban J connectivity index is 1.61. The molecule has 2 aromatic carbocycles. The summed E-state index contributed by atoms with van der Waals surface area (Å²) in [6.07, 6.45) is 0.893. The van der Waals surface area contributed by atoms with Gasteiger partial charge in [0, 0.05) is 12.5 Å². The van der Waals surface area contributed by atoms with Crippen molar-refractivity contribution in [1.82, 2.24) is 5.32 Å². The zero-order chi connectivity index (χ0) is 21.0. The highest BCUT2D eigenvalue weighted by atomic mass is 32.2. The molecule has 0 radical (unpaired) electrons. The number of nitrogens with zero attached hydrogens (tertiary/aromatic N) is 1. The molecule has 3 rings (SSSR count).